The molecule has 2 aromatic rings. The van der Waals surface area contributed by atoms with Crippen molar-refractivity contribution in [2.75, 3.05) is 5.32 Å². The maximum Gasteiger partial charge on any atom is 0.309 e. The Morgan fingerprint density at radius 1 is 1.12 bits per heavy atom. The van der Waals surface area contributed by atoms with Crippen molar-refractivity contribution in [1.29, 1.82) is 0 Å². The number of ether oxygens (including phenoxy) is 3. The second kappa shape index (κ2) is 10.3. The number of carbonyl (C=O) groups excluding carboxylic acids is 1. The maximum atomic E-state index is 13.2. The normalized spacial score (nSPS) is 22.1. The SMILES string of the molecule is CC(C)OC1c2cc(NCc3ccc(F)cc3)ccc2OC(C)(C)C1OC(=O)C1CCCCC1. The van der Waals surface area contributed by atoms with Gasteiger partial charge in [0, 0.05) is 17.8 Å². The minimum absolute atomic E-state index is 0.0469. The molecule has 1 aliphatic carbocycles. The number of hydrogen-bond donors (Lipinski definition) is 1. The maximum absolute atomic E-state index is 13.2. The number of esters is 1. The molecule has 0 aromatic heterocycles. The molecule has 0 saturated heterocycles. The van der Waals surface area contributed by atoms with Crippen molar-refractivity contribution in [1.82, 2.24) is 0 Å². The smallest absolute Gasteiger partial charge is 0.309 e. The highest BCUT2D eigenvalue weighted by Crippen LogP contribution is 2.45. The molecule has 184 valence electrons. The Bertz CT molecular complexity index is 982. The topological polar surface area (TPSA) is 56.8 Å². The van der Waals surface area contributed by atoms with Gasteiger partial charge in [-0.15, -0.1) is 0 Å². The fourth-order valence-electron chi connectivity index (χ4n) is 4.85. The highest BCUT2D eigenvalue weighted by Gasteiger charge is 2.48. The highest BCUT2D eigenvalue weighted by atomic mass is 19.1. The van der Waals surface area contributed by atoms with Crippen LogP contribution in [-0.2, 0) is 20.8 Å². The monoisotopic (exact) mass is 469 g/mol. The molecule has 34 heavy (non-hydrogen) atoms. The Morgan fingerprint density at radius 3 is 2.50 bits per heavy atom. The van der Waals surface area contributed by atoms with E-state index in [0.717, 1.165) is 48.2 Å². The van der Waals surface area contributed by atoms with E-state index in [0.29, 0.717) is 6.54 Å². The fraction of sp³-hybridized carbons (Fsp3) is 0.536. The molecule has 4 rings (SSSR count). The Morgan fingerprint density at radius 2 is 1.82 bits per heavy atom. The van der Waals surface area contributed by atoms with Crippen LogP contribution in [0.25, 0.3) is 0 Å². The molecule has 1 fully saturated rings. The summed E-state index contributed by atoms with van der Waals surface area (Å²) in [6.07, 6.45) is 4.03. The zero-order valence-electron chi connectivity index (χ0n) is 20.6. The predicted octanol–water partition coefficient (Wildman–Crippen LogP) is 6.57. The van der Waals surface area contributed by atoms with Gasteiger partial charge in [-0.1, -0.05) is 31.4 Å². The summed E-state index contributed by atoms with van der Waals surface area (Å²) in [5.74, 6) is 0.287. The van der Waals surface area contributed by atoms with Crippen LogP contribution in [0.3, 0.4) is 0 Å². The minimum atomic E-state index is -0.736. The fourth-order valence-corrected chi connectivity index (χ4v) is 4.85. The van der Waals surface area contributed by atoms with E-state index in [2.05, 4.69) is 5.32 Å². The van der Waals surface area contributed by atoms with E-state index < -0.39 is 17.8 Å². The van der Waals surface area contributed by atoms with Gasteiger partial charge in [0.2, 0.25) is 0 Å². The van der Waals surface area contributed by atoms with E-state index in [9.17, 15) is 9.18 Å². The van der Waals surface area contributed by atoms with Gasteiger partial charge in [-0.25, -0.2) is 4.39 Å². The van der Waals surface area contributed by atoms with E-state index in [4.69, 9.17) is 14.2 Å². The van der Waals surface area contributed by atoms with Gasteiger partial charge in [-0.3, -0.25) is 4.79 Å². The van der Waals surface area contributed by atoms with Gasteiger partial charge >= 0.3 is 5.97 Å². The van der Waals surface area contributed by atoms with Crippen LogP contribution in [0.1, 0.15) is 77.0 Å². The average molecular weight is 470 g/mol. The van der Waals surface area contributed by atoms with Crippen LogP contribution < -0.4 is 10.1 Å². The van der Waals surface area contributed by atoms with Crippen LogP contribution in [0.2, 0.25) is 0 Å². The third-order valence-electron chi connectivity index (χ3n) is 6.66. The lowest BCUT2D eigenvalue weighted by molar-refractivity contribution is -0.193. The number of benzene rings is 2. The molecular weight excluding hydrogens is 433 g/mol. The van der Waals surface area contributed by atoms with Crippen molar-refractivity contribution in [3.63, 3.8) is 0 Å². The Hall–Kier alpha value is -2.60. The molecule has 0 radical (unpaired) electrons. The van der Waals surface area contributed by atoms with Gasteiger partial charge in [0.25, 0.3) is 0 Å². The second-order valence-electron chi connectivity index (χ2n) is 10.2. The number of rotatable bonds is 7. The zero-order chi connectivity index (χ0) is 24.3. The first-order valence-corrected chi connectivity index (χ1v) is 12.4. The average Bonchev–Trinajstić information content (AvgIpc) is 2.81. The van der Waals surface area contributed by atoms with Crippen molar-refractivity contribution < 1.29 is 23.4 Å². The molecule has 2 aliphatic rings. The summed E-state index contributed by atoms with van der Waals surface area (Å²) in [6, 6.07) is 12.3. The summed E-state index contributed by atoms with van der Waals surface area (Å²) in [5.41, 5.74) is 1.99. The molecule has 6 heteroatoms. The van der Waals surface area contributed by atoms with Gasteiger partial charge in [-0.05, 0) is 76.4 Å². The summed E-state index contributed by atoms with van der Waals surface area (Å²) in [7, 11) is 0. The first-order valence-electron chi connectivity index (χ1n) is 12.4. The quantitative estimate of drug-likeness (QED) is 0.465. The van der Waals surface area contributed by atoms with Crippen LogP contribution >= 0.6 is 0 Å². The van der Waals surface area contributed by atoms with Crippen molar-refractivity contribution in [3.8, 4) is 5.75 Å². The summed E-state index contributed by atoms with van der Waals surface area (Å²) < 4.78 is 32.1. The predicted molar refractivity (Wildman–Crippen MR) is 130 cm³/mol. The summed E-state index contributed by atoms with van der Waals surface area (Å²) in [4.78, 5) is 13.1. The highest BCUT2D eigenvalue weighted by molar-refractivity contribution is 5.73. The molecule has 1 N–H and O–H groups in total. The summed E-state index contributed by atoms with van der Waals surface area (Å²) >= 11 is 0. The van der Waals surface area contributed by atoms with Gasteiger partial charge in [-0.2, -0.15) is 0 Å². The lowest BCUT2D eigenvalue weighted by Gasteiger charge is -2.44. The van der Waals surface area contributed by atoms with Crippen LogP contribution in [0.4, 0.5) is 10.1 Å². The summed E-state index contributed by atoms with van der Waals surface area (Å²) in [6.45, 7) is 8.43. The number of fused-ring (bicyclic) bond motifs is 1. The van der Waals surface area contributed by atoms with Crippen molar-refractivity contribution in [2.45, 2.75) is 90.3 Å². The molecule has 2 aromatic carbocycles. The molecule has 1 saturated carbocycles. The van der Waals surface area contributed by atoms with E-state index in [-0.39, 0.29) is 23.8 Å². The van der Waals surface area contributed by atoms with Crippen molar-refractivity contribution >= 4 is 11.7 Å². The Kier molecular flexibility index (Phi) is 7.46. The molecule has 1 aliphatic heterocycles. The van der Waals surface area contributed by atoms with E-state index in [1.165, 1.54) is 18.6 Å². The number of hydrogen-bond acceptors (Lipinski definition) is 5. The standard InChI is InChI=1S/C28H36FNO4/c1-18(2)32-25-23-16-22(30-17-19-10-12-21(29)13-11-19)14-15-24(23)34-28(3,4)26(25)33-27(31)20-8-6-5-7-9-20/h10-16,18,20,25-26,30H,5-9,17H2,1-4H3. The minimum Gasteiger partial charge on any atom is -0.483 e. The number of carbonyl (C=O) groups is 1. The van der Waals surface area contributed by atoms with Gasteiger partial charge < -0.3 is 19.5 Å². The molecular formula is C28H36FNO4. The lowest BCUT2D eigenvalue weighted by Crippen LogP contribution is -2.52. The van der Waals surface area contributed by atoms with Crippen LogP contribution in [0.5, 0.6) is 5.75 Å². The Balaban J connectivity index is 1.57. The van der Waals surface area contributed by atoms with Crippen LogP contribution in [-0.4, -0.2) is 23.8 Å². The van der Waals surface area contributed by atoms with Crippen LogP contribution in [0.15, 0.2) is 42.5 Å². The number of nitrogens with one attached hydrogen (secondary N) is 1. The van der Waals surface area contributed by atoms with Crippen LogP contribution in [0, 0.1) is 11.7 Å². The molecule has 1 heterocycles. The second-order valence-corrected chi connectivity index (χ2v) is 10.2. The van der Waals surface area contributed by atoms with Crippen molar-refractivity contribution in [2.24, 2.45) is 5.92 Å². The first kappa shape index (κ1) is 24.5. The molecule has 0 amide bonds. The third kappa shape index (κ3) is 5.72. The molecule has 0 bridgehead atoms. The third-order valence-corrected chi connectivity index (χ3v) is 6.66. The molecule has 2 unspecified atom stereocenters. The lowest BCUT2D eigenvalue weighted by atomic mass is 9.86. The van der Waals surface area contributed by atoms with Gasteiger partial charge in [0.15, 0.2) is 6.10 Å². The number of anilines is 1. The first-order chi connectivity index (χ1) is 16.2. The van der Waals surface area contributed by atoms with E-state index in [1.54, 1.807) is 12.1 Å². The molecule has 5 nitrogen and oxygen atoms in total. The largest absolute Gasteiger partial charge is 0.483 e. The summed E-state index contributed by atoms with van der Waals surface area (Å²) in [5, 5.41) is 3.39. The van der Waals surface area contributed by atoms with Gasteiger partial charge in [0.1, 0.15) is 23.3 Å². The number of halogens is 1. The van der Waals surface area contributed by atoms with E-state index in [1.807, 2.05) is 45.9 Å². The Labute approximate surface area is 202 Å². The zero-order valence-corrected chi connectivity index (χ0v) is 20.6. The van der Waals surface area contributed by atoms with Gasteiger partial charge in [0.05, 0.1) is 12.0 Å². The molecule has 0 spiro atoms. The molecule has 2 atom stereocenters. The van der Waals surface area contributed by atoms with Crippen molar-refractivity contribution in [3.05, 3.63) is 59.4 Å². The van der Waals surface area contributed by atoms with E-state index >= 15 is 0 Å².